The predicted octanol–water partition coefficient (Wildman–Crippen LogP) is 3.26. The van der Waals surface area contributed by atoms with Crippen LogP contribution in [0.5, 0.6) is 0 Å². The van der Waals surface area contributed by atoms with E-state index in [1.807, 2.05) is 0 Å². The van der Waals surface area contributed by atoms with E-state index in [-0.39, 0.29) is 0 Å². The van der Waals surface area contributed by atoms with Crippen LogP contribution >= 0.6 is 15.9 Å². The Kier molecular flexibility index (Phi) is 2.94. The van der Waals surface area contributed by atoms with E-state index < -0.39 is 11.7 Å². The normalized spacial score (nSPS) is 11.8. The summed E-state index contributed by atoms with van der Waals surface area (Å²) in [4.78, 5) is 7.87. The first-order valence-electron chi connectivity index (χ1n) is 4.60. The van der Waals surface area contributed by atoms with Gasteiger partial charge in [-0.1, -0.05) is 0 Å². The Hall–Kier alpha value is -1.37. The fraction of sp³-hybridized carbons (Fsp3) is 0.200. The molecule has 2 aromatic rings. The molecule has 0 aromatic carbocycles. The molecule has 0 unspecified atom stereocenters. The quantitative estimate of drug-likeness (QED) is 0.809. The van der Waals surface area contributed by atoms with Gasteiger partial charge in [0.05, 0.1) is 5.56 Å². The molecule has 2 aromatic heterocycles. The minimum Gasteiger partial charge on any atom is -0.332 e. The molecule has 0 bridgehead atoms. The van der Waals surface area contributed by atoms with E-state index in [1.165, 1.54) is 6.07 Å². The average molecular weight is 306 g/mol. The van der Waals surface area contributed by atoms with Crippen molar-refractivity contribution in [3.63, 3.8) is 0 Å². The van der Waals surface area contributed by atoms with Gasteiger partial charge in [0.25, 0.3) is 0 Å². The molecule has 2 heterocycles. The fourth-order valence-electron chi connectivity index (χ4n) is 1.36. The van der Waals surface area contributed by atoms with Crippen LogP contribution in [0.4, 0.5) is 13.2 Å². The lowest BCUT2D eigenvalue weighted by atomic mass is 10.2. The van der Waals surface area contributed by atoms with Crippen molar-refractivity contribution in [3.05, 3.63) is 34.7 Å². The monoisotopic (exact) mass is 305 g/mol. The minimum absolute atomic E-state index is 0.395. The first-order valence-corrected chi connectivity index (χ1v) is 5.39. The Morgan fingerprint density at radius 3 is 2.41 bits per heavy atom. The number of imidazole rings is 1. The summed E-state index contributed by atoms with van der Waals surface area (Å²) in [6.07, 6.45) is -1.86. The maximum atomic E-state index is 12.3. The molecule has 0 aliphatic rings. The van der Waals surface area contributed by atoms with E-state index in [9.17, 15) is 13.2 Å². The van der Waals surface area contributed by atoms with E-state index in [4.69, 9.17) is 0 Å². The van der Waals surface area contributed by atoms with Crippen LogP contribution in [-0.4, -0.2) is 14.5 Å². The number of rotatable bonds is 1. The summed E-state index contributed by atoms with van der Waals surface area (Å²) in [6.45, 7) is 0. The van der Waals surface area contributed by atoms with Crippen molar-refractivity contribution < 1.29 is 13.2 Å². The lowest BCUT2D eigenvalue weighted by molar-refractivity contribution is -0.137. The van der Waals surface area contributed by atoms with Crippen molar-refractivity contribution in [3.8, 4) is 11.5 Å². The summed E-state index contributed by atoms with van der Waals surface area (Å²) in [7, 11) is 1.74. The molecule has 90 valence electrons. The van der Waals surface area contributed by atoms with Gasteiger partial charge < -0.3 is 4.57 Å². The molecule has 0 radical (unpaired) electrons. The molecule has 0 spiro atoms. The summed E-state index contributed by atoms with van der Waals surface area (Å²) >= 11 is 3.19. The van der Waals surface area contributed by atoms with Crippen molar-refractivity contribution in [2.45, 2.75) is 6.18 Å². The number of nitrogens with zero attached hydrogens (tertiary/aromatic N) is 3. The summed E-state index contributed by atoms with van der Waals surface area (Å²) in [5.41, 5.74) is -0.374. The van der Waals surface area contributed by atoms with Gasteiger partial charge in [0.15, 0.2) is 5.82 Å². The van der Waals surface area contributed by atoms with Crippen LogP contribution in [0.1, 0.15) is 5.56 Å². The Morgan fingerprint density at radius 2 is 2.00 bits per heavy atom. The fourth-order valence-corrected chi connectivity index (χ4v) is 1.84. The topological polar surface area (TPSA) is 30.7 Å². The molecule has 0 amide bonds. The van der Waals surface area contributed by atoms with Gasteiger partial charge in [0, 0.05) is 19.4 Å². The van der Waals surface area contributed by atoms with E-state index in [0.29, 0.717) is 16.1 Å². The first kappa shape index (κ1) is 12.1. The van der Waals surface area contributed by atoms with Gasteiger partial charge in [-0.3, -0.25) is 4.98 Å². The second-order valence-corrected chi connectivity index (χ2v) is 4.24. The molecular formula is C10H7BrF3N3. The summed E-state index contributed by atoms with van der Waals surface area (Å²) in [5, 5.41) is 0. The van der Waals surface area contributed by atoms with E-state index in [1.54, 1.807) is 17.8 Å². The molecule has 7 heteroatoms. The van der Waals surface area contributed by atoms with Crippen molar-refractivity contribution in [1.29, 1.82) is 0 Å². The molecule has 17 heavy (non-hydrogen) atoms. The molecule has 0 aliphatic heterocycles. The maximum Gasteiger partial charge on any atom is 0.417 e. The Labute approximate surface area is 103 Å². The van der Waals surface area contributed by atoms with Crippen LogP contribution < -0.4 is 0 Å². The van der Waals surface area contributed by atoms with Crippen molar-refractivity contribution in [2.24, 2.45) is 7.05 Å². The van der Waals surface area contributed by atoms with Gasteiger partial charge in [-0.2, -0.15) is 13.2 Å². The van der Waals surface area contributed by atoms with Crippen LogP contribution in [0.15, 0.2) is 29.1 Å². The largest absolute Gasteiger partial charge is 0.417 e. The number of aryl methyl sites for hydroxylation is 1. The van der Waals surface area contributed by atoms with Gasteiger partial charge in [-0.25, -0.2) is 4.98 Å². The highest BCUT2D eigenvalue weighted by Gasteiger charge is 2.30. The van der Waals surface area contributed by atoms with Gasteiger partial charge >= 0.3 is 6.18 Å². The zero-order valence-electron chi connectivity index (χ0n) is 8.66. The third kappa shape index (κ3) is 2.49. The molecule has 0 fully saturated rings. The van der Waals surface area contributed by atoms with Gasteiger partial charge in [0.2, 0.25) is 0 Å². The van der Waals surface area contributed by atoms with Crippen molar-refractivity contribution in [2.75, 3.05) is 0 Å². The highest BCUT2D eigenvalue weighted by Crippen LogP contribution is 2.29. The molecule has 2 rings (SSSR count). The standard InChI is InChI=1S/C10H7BrF3N3/c1-17-5-8(11)16-9(17)7-3-2-6(4-15-7)10(12,13)14/h2-5H,1H3. The second kappa shape index (κ2) is 4.14. The zero-order valence-corrected chi connectivity index (χ0v) is 10.2. The SMILES string of the molecule is Cn1cc(Br)nc1-c1ccc(C(F)(F)F)cn1. The Bertz CT molecular complexity index is 531. The summed E-state index contributed by atoms with van der Waals surface area (Å²) < 4.78 is 39.3. The molecule has 3 nitrogen and oxygen atoms in total. The maximum absolute atomic E-state index is 12.3. The van der Waals surface area contributed by atoms with E-state index in [2.05, 4.69) is 25.9 Å². The highest BCUT2D eigenvalue weighted by atomic mass is 79.9. The molecule has 0 N–H and O–H groups in total. The van der Waals surface area contributed by atoms with E-state index >= 15 is 0 Å². The zero-order chi connectivity index (χ0) is 12.6. The smallest absolute Gasteiger partial charge is 0.332 e. The third-order valence-electron chi connectivity index (χ3n) is 2.17. The number of hydrogen-bond acceptors (Lipinski definition) is 2. The number of pyridine rings is 1. The van der Waals surface area contributed by atoms with Crippen LogP contribution in [0.2, 0.25) is 0 Å². The molecule has 0 aliphatic carbocycles. The summed E-state index contributed by atoms with van der Waals surface area (Å²) in [5.74, 6) is 0.505. The molecule has 0 saturated carbocycles. The minimum atomic E-state index is -4.37. The number of alkyl halides is 3. The third-order valence-corrected chi connectivity index (χ3v) is 2.55. The van der Waals surface area contributed by atoms with Crippen LogP contribution in [0.3, 0.4) is 0 Å². The lowest BCUT2D eigenvalue weighted by Gasteiger charge is -2.06. The van der Waals surface area contributed by atoms with Crippen molar-refractivity contribution in [1.82, 2.24) is 14.5 Å². The molecular weight excluding hydrogens is 299 g/mol. The predicted molar refractivity (Wildman–Crippen MR) is 59.1 cm³/mol. The van der Waals surface area contributed by atoms with E-state index in [0.717, 1.165) is 12.3 Å². The average Bonchev–Trinajstić information content (AvgIpc) is 2.57. The number of hydrogen-bond donors (Lipinski definition) is 0. The molecule has 0 atom stereocenters. The Balaban J connectivity index is 2.39. The lowest BCUT2D eigenvalue weighted by Crippen LogP contribution is -2.05. The highest BCUT2D eigenvalue weighted by molar-refractivity contribution is 9.10. The van der Waals surface area contributed by atoms with Crippen LogP contribution in [-0.2, 0) is 13.2 Å². The number of halogens is 4. The number of aromatic nitrogens is 3. The van der Waals surface area contributed by atoms with Gasteiger partial charge in [0.1, 0.15) is 10.3 Å². The molecule has 0 saturated heterocycles. The van der Waals surface area contributed by atoms with Crippen LogP contribution in [0, 0.1) is 0 Å². The first-order chi connectivity index (χ1) is 7.88. The van der Waals surface area contributed by atoms with Crippen molar-refractivity contribution >= 4 is 15.9 Å². The second-order valence-electron chi connectivity index (χ2n) is 3.43. The Morgan fingerprint density at radius 1 is 1.29 bits per heavy atom. The summed E-state index contributed by atoms with van der Waals surface area (Å²) in [6, 6.07) is 2.29. The van der Waals surface area contributed by atoms with Gasteiger partial charge in [-0.15, -0.1) is 0 Å². The van der Waals surface area contributed by atoms with Gasteiger partial charge in [-0.05, 0) is 28.1 Å². The van der Waals surface area contributed by atoms with Crippen LogP contribution in [0.25, 0.3) is 11.5 Å².